The van der Waals surface area contributed by atoms with Crippen molar-refractivity contribution < 1.29 is 26.3 Å². The highest BCUT2D eigenvalue weighted by molar-refractivity contribution is 7.81. The summed E-state index contributed by atoms with van der Waals surface area (Å²) in [6.45, 7) is 0.118. The van der Waals surface area contributed by atoms with Crippen LogP contribution in [0.5, 0.6) is 0 Å². The summed E-state index contributed by atoms with van der Waals surface area (Å²) in [6.07, 6.45) is -1.59. The fraction of sp³-hybridized carbons (Fsp3) is 0.455. The van der Waals surface area contributed by atoms with Gasteiger partial charge in [-0.25, -0.2) is 8.37 Å². The standard InChI is InChI=1S/C11H12O6S/c12-18(13)15-7-9-10(17-18)6-14-11(16-9)8-4-2-1-3-5-8/h1-5,9-11H,6-7H2. The molecule has 1 aromatic rings. The Bertz CT molecular complexity index is 514. The van der Waals surface area contributed by atoms with E-state index in [1.54, 1.807) is 0 Å². The van der Waals surface area contributed by atoms with Gasteiger partial charge in [-0.1, -0.05) is 30.3 Å². The minimum Gasteiger partial charge on any atom is -0.346 e. The zero-order valence-corrected chi connectivity index (χ0v) is 10.2. The molecule has 2 heterocycles. The first-order chi connectivity index (χ1) is 8.64. The van der Waals surface area contributed by atoms with Gasteiger partial charge in [0.05, 0.1) is 13.2 Å². The van der Waals surface area contributed by atoms with E-state index < -0.39 is 28.9 Å². The quantitative estimate of drug-likeness (QED) is 0.751. The molecule has 7 heteroatoms. The minimum absolute atomic E-state index is 0.0420. The monoisotopic (exact) mass is 272 g/mol. The summed E-state index contributed by atoms with van der Waals surface area (Å²) in [5, 5.41) is 0. The lowest BCUT2D eigenvalue weighted by atomic mass is 10.1. The van der Waals surface area contributed by atoms with Crippen molar-refractivity contribution in [2.45, 2.75) is 18.5 Å². The molecule has 3 unspecified atom stereocenters. The molecule has 0 bridgehead atoms. The number of benzene rings is 1. The molecule has 0 radical (unpaired) electrons. The van der Waals surface area contributed by atoms with E-state index in [0.717, 1.165) is 5.56 Å². The van der Waals surface area contributed by atoms with Crippen molar-refractivity contribution >= 4 is 10.4 Å². The maximum absolute atomic E-state index is 11.1. The molecule has 1 aromatic carbocycles. The van der Waals surface area contributed by atoms with Crippen molar-refractivity contribution in [2.24, 2.45) is 0 Å². The van der Waals surface area contributed by atoms with E-state index in [2.05, 4.69) is 4.18 Å². The summed E-state index contributed by atoms with van der Waals surface area (Å²) in [4.78, 5) is 0. The largest absolute Gasteiger partial charge is 0.400 e. The number of hydrogen-bond donors (Lipinski definition) is 0. The van der Waals surface area contributed by atoms with Gasteiger partial charge in [-0.2, -0.15) is 8.42 Å². The van der Waals surface area contributed by atoms with Crippen molar-refractivity contribution in [1.29, 1.82) is 0 Å². The van der Waals surface area contributed by atoms with E-state index >= 15 is 0 Å². The van der Waals surface area contributed by atoms with Crippen LogP contribution in [-0.4, -0.2) is 33.8 Å². The fourth-order valence-corrected chi connectivity index (χ4v) is 2.76. The van der Waals surface area contributed by atoms with Crippen LogP contribution in [0.2, 0.25) is 0 Å². The Labute approximate surface area is 105 Å². The number of hydrogen-bond acceptors (Lipinski definition) is 6. The number of fused-ring (bicyclic) bond motifs is 1. The molecule has 3 atom stereocenters. The van der Waals surface area contributed by atoms with Gasteiger partial charge in [0.25, 0.3) is 0 Å². The number of ether oxygens (including phenoxy) is 2. The summed E-state index contributed by atoms with van der Waals surface area (Å²) in [5.74, 6) is 0. The smallest absolute Gasteiger partial charge is 0.346 e. The van der Waals surface area contributed by atoms with E-state index in [0.29, 0.717) is 0 Å². The van der Waals surface area contributed by atoms with Crippen LogP contribution in [0.1, 0.15) is 11.9 Å². The third kappa shape index (κ3) is 2.40. The Kier molecular flexibility index (Phi) is 3.08. The topological polar surface area (TPSA) is 71.1 Å². The zero-order chi connectivity index (χ0) is 12.6. The lowest BCUT2D eigenvalue weighted by Gasteiger charge is -2.37. The predicted molar refractivity (Wildman–Crippen MR) is 59.8 cm³/mol. The molecule has 2 aliphatic rings. The second kappa shape index (κ2) is 4.60. The molecule has 0 amide bonds. The first-order valence-corrected chi connectivity index (χ1v) is 6.87. The maximum Gasteiger partial charge on any atom is 0.400 e. The Morgan fingerprint density at radius 1 is 1.06 bits per heavy atom. The SMILES string of the molecule is O=S1(=O)OCC2OC(c3ccccc3)OCC2O1. The van der Waals surface area contributed by atoms with Crippen LogP contribution >= 0.6 is 0 Å². The molecule has 0 saturated carbocycles. The Balaban J connectivity index is 1.72. The van der Waals surface area contributed by atoms with Gasteiger partial charge in [0.1, 0.15) is 12.2 Å². The highest BCUT2D eigenvalue weighted by Gasteiger charge is 2.41. The van der Waals surface area contributed by atoms with Gasteiger partial charge in [-0.3, -0.25) is 0 Å². The third-order valence-electron chi connectivity index (χ3n) is 2.81. The van der Waals surface area contributed by atoms with Gasteiger partial charge in [-0.15, -0.1) is 0 Å². The lowest BCUT2D eigenvalue weighted by Crippen LogP contribution is -2.49. The molecule has 0 aliphatic carbocycles. The average molecular weight is 272 g/mol. The number of rotatable bonds is 1. The van der Waals surface area contributed by atoms with E-state index in [-0.39, 0.29) is 13.2 Å². The lowest BCUT2D eigenvalue weighted by molar-refractivity contribution is -0.264. The Morgan fingerprint density at radius 2 is 1.83 bits per heavy atom. The summed E-state index contributed by atoms with van der Waals surface area (Å²) in [6, 6.07) is 9.42. The van der Waals surface area contributed by atoms with Gasteiger partial charge >= 0.3 is 10.4 Å². The zero-order valence-electron chi connectivity index (χ0n) is 9.39. The van der Waals surface area contributed by atoms with Crippen LogP contribution in [-0.2, 0) is 28.2 Å². The molecule has 6 nitrogen and oxygen atoms in total. The summed E-state index contributed by atoms with van der Waals surface area (Å²) < 4.78 is 42.6. The highest BCUT2D eigenvalue weighted by Crippen LogP contribution is 2.30. The van der Waals surface area contributed by atoms with E-state index in [4.69, 9.17) is 13.7 Å². The van der Waals surface area contributed by atoms with Crippen molar-refractivity contribution in [3.63, 3.8) is 0 Å². The van der Waals surface area contributed by atoms with Crippen molar-refractivity contribution in [1.82, 2.24) is 0 Å². The first-order valence-electron chi connectivity index (χ1n) is 5.54. The van der Waals surface area contributed by atoms with Gasteiger partial charge in [0, 0.05) is 5.56 Å². The van der Waals surface area contributed by atoms with E-state index in [1.807, 2.05) is 30.3 Å². The molecule has 0 aromatic heterocycles. The van der Waals surface area contributed by atoms with Crippen LogP contribution in [0.4, 0.5) is 0 Å². The second-order valence-corrected chi connectivity index (χ2v) is 5.32. The molecule has 2 aliphatic heterocycles. The third-order valence-corrected chi connectivity index (χ3v) is 3.72. The van der Waals surface area contributed by atoms with Gasteiger partial charge in [0.2, 0.25) is 0 Å². The molecule has 0 spiro atoms. The molecule has 2 fully saturated rings. The maximum atomic E-state index is 11.1. The van der Waals surface area contributed by atoms with Crippen molar-refractivity contribution in [3.05, 3.63) is 35.9 Å². The van der Waals surface area contributed by atoms with Crippen LogP contribution in [0, 0.1) is 0 Å². The fourth-order valence-electron chi connectivity index (χ4n) is 1.93. The van der Waals surface area contributed by atoms with Gasteiger partial charge in [-0.05, 0) is 0 Å². The predicted octanol–water partition coefficient (Wildman–Crippen LogP) is 0.761. The molecule has 0 N–H and O–H groups in total. The molecule has 2 saturated heterocycles. The van der Waals surface area contributed by atoms with Crippen molar-refractivity contribution in [3.8, 4) is 0 Å². The van der Waals surface area contributed by atoms with Gasteiger partial charge in [0.15, 0.2) is 6.29 Å². The normalized spacial score (nSPS) is 34.8. The summed E-state index contributed by atoms with van der Waals surface area (Å²) in [7, 11) is -3.90. The van der Waals surface area contributed by atoms with Crippen LogP contribution in [0.3, 0.4) is 0 Å². The summed E-state index contributed by atoms with van der Waals surface area (Å²) in [5.41, 5.74) is 0.879. The average Bonchev–Trinajstić information content (AvgIpc) is 2.38. The molecular weight excluding hydrogens is 260 g/mol. The summed E-state index contributed by atoms with van der Waals surface area (Å²) >= 11 is 0. The van der Waals surface area contributed by atoms with E-state index in [9.17, 15) is 8.42 Å². The van der Waals surface area contributed by atoms with Crippen molar-refractivity contribution in [2.75, 3.05) is 13.2 Å². The molecule has 98 valence electrons. The Hall–Kier alpha value is -0.990. The minimum atomic E-state index is -3.90. The molecular formula is C11H12O6S. The van der Waals surface area contributed by atoms with E-state index in [1.165, 1.54) is 0 Å². The van der Waals surface area contributed by atoms with Gasteiger partial charge < -0.3 is 9.47 Å². The second-order valence-electron chi connectivity index (χ2n) is 4.08. The van der Waals surface area contributed by atoms with Crippen LogP contribution in [0.15, 0.2) is 30.3 Å². The molecule has 18 heavy (non-hydrogen) atoms. The highest BCUT2D eigenvalue weighted by atomic mass is 32.3. The van der Waals surface area contributed by atoms with Crippen LogP contribution in [0.25, 0.3) is 0 Å². The Morgan fingerprint density at radius 3 is 2.61 bits per heavy atom. The molecule has 3 rings (SSSR count). The van der Waals surface area contributed by atoms with Crippen LogP contribution < -0.4 is 0 Å². The first kappa shape index (κ1) is 12.1.